The van der Waals surface area contributed by atoms with Crippen molar-refractivity contribution in [1.29, 1.82) is 0 Å². The van der Waals surface area contributed by atoms with Crippen LogP contribution in [0.2, 0.25) is 0 Å². The van der Waals surface area contributed by atoms with Crippen LogP contribution in [-0.4, -0.2) is 23.1 Å². The molecule has 3 nitrogen and oxygen atoms in total. The Labute approximate surface area is 108 Å². The van der Waals surface area contributed by atoms with Crippen LogP contribution in [0.1, 0.15) is 43.4 Å². The van der Waals surface area contributed by atoms with Crippen molar-refractivity contribution in [1.82, 2.24) is 4.90 Å². The van der Waals surface area contributed by atoms with Gasteiger partial charge in [0, 0.05) is 6.54 Å². The summed E-state index contributed by atoms with van der Waals surface area (Å²) >= 11 is 0. The van der Waals surface area contributed by atoms with Gasteiger partial charge in [0.25, 0.3) is 0 Å². The second-order valence-electron chi connectivity index (χ2n) is 4.98. The number of aryl methyl sites for hydroxylation is 1. The van der Waals surface area contributed by atoms with Crippen LogP contribution < -0.4 is 0 Å². The van der Waals surface area contributed by atoms with Crippen molar-refractivity contribution >= 4 is 11.7 Å². The fraction of sp³-hybridized carbons (Fsp3) is 0.467. The van der Waals surface area contributed by atoms with Crippen LogP contribution in [0.25, 0.3) is 0 Å². The number of Topliss-reactive ketones (excluding diaryl/α,β-unsaturated/α-hetero) is 1. The van der Waals surface area contributed by atoms with Gasteiger partial charge in [-0.3, -0.25) is 9.59 Å². The Balaban J connectivity index is 2.20. The van der Waals surface area contributed by atoms with Crippen molar-refractivity contribution in [2.75, 3.05) is 6.54 Å². The zero-order valence-corrected chi connectivity index (χ0v) is 11.0. The van der Waals surface area contributed by atoms with Gasteiger partial charge < -0.3 is 4.90 Å². The molecule has 1 saturated heterocycles. The Hall–Kier alpha value is -1.64. The molecule has 96 valence electrons. The summed E-state index contributed by atoms with van der Waals surface area (Å²) in [4.78, 5) is 25.0. The van der Waals surface area contributed by atoms with Gasteiger partial charge in [0.05, 0.1) is 12.5 Å². The summed E-state index contributed by atoms with van der Waals surface area (Å²) in [6.45, 7) is 4.31. The number of benzene rings is 1. The minimum absolute atomic E-state index is 0.0301. The third-order valence-corrected chi connectivity index (χ3v) is 3.52. The molecule has 1 heterocycles. The third kappa shape index (κ3) is 2.61. The van der Waals surface area contributed by atoms with Crippen molar-refractivity contribution in [2.45, 2.75) is 39.2 Å². The lowest BCUT2D eigenvalue weighted by molar-refractivity contribution is -0.135. The smallest absolute Gasteiger partial charge is 0.230 e. The van der Waals surface area contributed by atoms with E-state index in [1.165, 1.54) is 18.1 Å². The van der Waals surface area contributed by atoms with E-state index in [0.29, 0.717) is 0 Å². The molecule has 0 aliphatic carbocycles. The molecular weight excluding hydrogens is 226 g/mol. The van der Waals surface area contributed by atoms with Gasteiger partial charge in [-0.15, -0.1) is 0 Å². The van der Waals surface area contributed by atoms with E-state index in [-0.39, 0.29) is 24.2 Å². The van der Waals surface area contributed by atoms with Gasteiger partial charge in [0.2, 0.25) is 5.91 Å². The van der Waals surface area contributed by atoms with Gasteiger partial charge in [0.1, 0.15) is 5.78 Å². The molecule has 1 aliphatic heterocycles. The quantitative estimate of drug-likeness (QED) is 0.768. The second kappa shape index (κ2) is 5.34. The molecule has 0 aromatic heterocycles. The molecule has 0 spiro atoms. The van der Waals surface area contributed by atoms with Crippen LogP contribution in [0.3, 0.4) is 0 Å². The average Bonchev–Trinajstić information content (AvgIpc) is 2.77. The summed E-state index contributed by atoms with van der Waals surface area (Å²) in [5.74, 6) is -0.0938. The van der Waals surface area contributed by atoms with Crippen molar-refractivity contribution < 1.29 is 9.59 Å². The molecule has 1 aromatic rings. The number of likely N-dealkylation sites (tertiary alicyclic amines) is 1. The fourth-order valence-electron chi connectivity index (χ4n) is 2.66. The molecule has 0 saturated carbocycles. The normalized spacial score (nSPS) is 19.0. The Kier molecular flexibility index (Phi) is 3.80. The SMILES string of the molecule is CC(=O)CC(=O)N1CCCC1c1ccccc1C. The van der Waals surface area contributed by atoms with E-state index < -0.39 is 0 Å². The van der Waals surface area contributed by atoms with E-state index in [4.69, 9.17) is 0 Å². The average molecular weight is 245 g/mol. The number of hydrogen-bond donors (Lipinski definition) is 0. The summed E-state index contributed by atoms with van der Waals surface area (Å²) < 4.78 is 0. The second-order valence-corrected chi connectivity index (χ2v) is 4.98. The zero-order chi connectivity index (χ0) is 13.1. The van der Waals surface area contributed by atoms with Crippen molar-refractivity contribution in [3.05, 3.63) is 35.4 Å². The van der Waals surface area contributed by atoms with E-state index in [1.807, 2.05) is 17.0 Å². The molecular formula is C15H19NO2. The summed E-state index contributed by atoms with van der Waals surface area (Å²) in [6, 6.07) is 8.32. The first-order valence-electron chi connectivity index (χ1n) is 6.44. The van der Waals surface area contributed by atoms with Gasteiger partial charge in [0.15, 0.2) is 0 Å². The lowest BCUT2D eigenvalue weighted by Crippen LogP contribution is -2.31. The number of carbonyl (C=O) groups excluding carboxylic acids is 2. The topological polar surface area (TPSA) is 37.4 Å². The van der Waals surface area contributed by atoms with Gasteiger partial charge >= 0.3 is 0 Å². The molecule has 1 fully saturated rings. The first kappa shape index (κ1) is 12.8. The summed E-state index contributed by atoms with van der Waals surface area (Å²) in [5, 5.41) is 0. The molecule has 1 amide bonds. The number of nitrogens with zero attached hydrogens (tertiary/aromatic N) is 1. The molecule has 1 atom stereocenters. The Morgan fingerprint density at radius 1 is 1.33 bits per heavy atom. The van der Waals surface area contributed by atoms with E-state index in [2.05, 4.69) is 19.1 Å². The van der Waals surface area contributed by atoms with Crippen molar-refractivity contribution in [3.63, 3.8) is 0 Å². The number of carbonyl (C=O) groups is 2. The van der Waals surface area contributed by atoms with Crippen LogP contribution in [0.5, 0.6) is 0 Å². The van der Waals surface area contributed by atoms with Crippen LogP contribution in [0.4, 0.5) is 0 Å². The predicted octanol–water partition coefficient (Wildman–Crippen LogP) is 2.64. The maximum atomic E-state index is 12.1. The maximum Gasteiger partial charge on any atom is 0.230 e. The van der Waals surface area contributed by atoms with Crippen LogP contribution in [-0.2, 0) is 9.59 Å². The largest absolute Gasteiger partial charge is 0.335 e. The first-order chi connectivity index (χ1) is 8.59. The minimum Gasteiger partial charge on any atom is -0.335 e. The highest BCUT2D eigenvalue weighted by atomic mass is 16.2. The number of ketones is 1. The lowest BCUT2D eigenvalue weighted by Gasteiger charge is -2.26. The minimum atomic E-state index is -0.0598. The fourth-order valence-corrected chi connectivity index (χ4v) is 2.66. The van der Waals surface area contributed by atoms with Gasteiger partial charge in [-0.2, -0.15) is 0 Å². The molecule has 1 aromatic carbocycles. The highest BCUT2D eigenvalue weighted by molar-refractivity contribution is 5.97. The zero-order valence-electron chi connectivity index (χ0n) is 11.0. The van der Waals surface area contributed by atoms with Gasteiger partial charge in [-0.1, -0.05) is 24.3 Å². The summed E-state index contributed by atoms with van der Waals surface area (Å²) in [5.41, 5.74) is 2.43. The monoisotopic (exact) mass is 245 g/mol. The van der Waals surface area contributed by atoms with E-state index in [0.717, 1.165) is 19.4 Å². The van der Waals surface area contributed by atoms with Crippen molar-refractivity contribution in [2.24, 2.45) is 0 Å². The van der Waals surface area contributed by atoms with Gasteiger partial charge in [-0.05, 0) is 37.8 Å². The van der Waals surface area contributed by atoms with E-state index in [1.54, 1.807) is 0 Å². The third-order valence-electron chi connectivity index (χ3n) is 3.52. The molecule has 0 bridgehead atoms. The predicted molar refractivity (Wildman–Crippen MR) is 70.2 cm³/mol. The molecule has 3 heteroatoms. The van der Waals surface area contributed by atoms with Gasteiger partial charge in [-0.25, -0.2) is 0 Å². The molecule has 1 aliphatic rings. The lowest BCUT2D eigenvalue weighted by atomic mass is 9.99. The Morgan fingerprint density at radius 3 is 2.72 bits per heavy atom. The molecule has 18 heavy (non-hydrogen) atoms. The van der Waals surface area contributed by atoms with E-state index in [9.17, 15) is 9.59 Å². The molecule has 0 N–H and O–H groups in total. The van der Waals surface area contributed by atoms with Crippen LogP contribution in [0.15, 0.2) is 24.3 Å². The standard InChI is InChI=1S/C15H19NO2/c1-11-6-3-4-7-13(11)14-8-5-9-16(14)15(18)10-12(2)17/h3-4,6-7,14H,5,8-10H2,1-2H3. The summed E-state index contributed by atoms with van der Waals surface area (Å²) in [6.07, 6.45) is 2.04. The van der Waals surface area contributed by atoms with Crippen LogP contribution in [0, 0.1) is 6.92 Å². The number of hydrogen-bond acceptors (Lipinski definition) is 2. The first-order valence-corrected chi connectivity index (χ1v) is 6.44. The molecule has 1 unspecified atom stereocenters. The van der Waals surface area contributed by atoms with Crippen molar-refractivity contribution in [3.8, 4) is 0 Å². The summed E-state index contributed by atoms with van der Waals surface area (Å²) in [7, 11) is 0. The molecule has 0 radical (unpaired) electrons. The maximum absolute atomic E-state index is 12.1. The molecule has 2 rings (SSSR count). The Morgan fingerprint density at radius 2 is 2.06 bits per heavy atom. The number of rotatable bonds is 3. The Bertz CT molecular complexity index is 467. The van der Waals surface area contributed by atoms with E-state index >= 15 is 0 Å². The number of amides is 1. The van der Waals surface area contributed by atoms with Crippen LogP contribution >= 0.6 is 0 Å². The highest BCUT2D eigenvalue weighted by Gasteiger charge is 2.30. The highest BCUT2D eigenvalue weighted by Crippen LogP contribution is 2.33.